The Balaban J connectivity index is 1.72. The fraction of sp³-hybridized carbons (Fsp3) is 0.200. The number of carbonyl (C=O) groups is 2. The molecule has 2 heterocycles. The van der Waals surface area contributed by atoms with Gasteiger partial charge in [-0.05, 0) is 30.7 Å². The molecule has 1 aliphatic rings. The van der Waals surface area contributed by atoms with E-state index in [0.29, 0.717) is 24.2 Å². The van der Waals surface area contributed by atoms with Gasteiger partial charge in [0.15, 0.2) is 0 Å². The van der Waals surface area contributed by atoms with Crippen molar-refractivity contribution < 1.29 is 18.4 Å². The van der Waals surface area contributed by atoms with Gasteiger partial charge in [-0.15, -0.1) is 0 Å². The number of rotatable bonds is 3. The number of nitrogens with zero attached hydrogens (tertiary/aromatic N) is 1. The number of amides is 2. The summed E-state index contributed by atoms with van der Waals surface area (Å²) in [5, 5.41) is 2.61. The van der Waals surface area contributed by atoms with Gasteiger partial charge in [0.1, 0.15) is 18.1 Å². The molecule has 1 aliphatic heterocycles. The Kier molecular flexibility index (Phi) is 3.85. The minimum atomic E-state index is -0.619. The van der Waals surface area contributed by atoms with E-state index in [1.54, 1.807) is 0 Å². The molecule has 1 aromatic carbocycles. The Bertz CT molecular complexity index is 718. The van der Waals surface area contributed by atoms with E-state index in [1.807, 2.05) is 0 Å². The van der Waals surface area contributed by atoms with Crippen LogP contribution in [0.1, 0.15) is 16.8 Å². The Labute approximate surface area is 130 Å². The van der Waals surface area contributed by atoms with Crippen LogP contribution in [0.25, 0.3) is 0 Å². The highest BCUT2D eigenvalue weighted by atomic mass is 35.5. The van der Waals surface area contributed by atoms with E-state index < -0.39 is 11.9 Å². The number of hydrogen-bond acceptors (Lipinski definition) is 3. The predicted molar refractivity (Wildman–Crippen MR) is 78.3 cm³/mol. The van der Waals surface area contributed by atoms with Gasteiger partial charge < -0.3 is 14.6 Å². The molecule has 0 saturated carbocycles. The van der Waals surface area contributed by atoms with Crippen molar-refractivity contribution >= 4 is 29.1 Å². The maximum absolute atomic E-state index is 13.2. The molecule has 0 bridgehead atoms. The molecule has 1 atom stereocenters. The number of halogens is 2. The lowest BCUT2D eigenvalue weighted by atomic mass is 10.2. The molecule has 1 saturated heterocycles. The number of carbonyl (C=O) groups excluding carboxylic acids is 2. The molecule has 0 radical (unpaired) electrons. The summed E-state index contributed by atoms with van der Waals surface area (Å²) in [6.45, 7) is 0.428. The number of benzene rings is 1. The van der Waals surface area contributed by atoms with Gasteiger partial charge in [0.2, 0.25) is 5.91 Å². The molecule has 2 amide bonds. The topological polar surface area (TPSA) is 62.6 Å². The Morgan fingerprint density at radius 1 is 1.41 bits per heavy atom. The molecule has 5 nitrogen and oxygen atoms in total. The van der Waals surface area contributed by atoms with Crippen molar-refractivity contribution in [2.24, 2.45) is 0 Å². The summed E-state index contributed by atoms with van der Waals surface area (Å²) < 4.78 is 18.0. The monoisotopic (exact) mass is 322 g/mol. The van der Waals surface area contributed by atoms with Crippen molar-refractivity contribution in [2.45, 2.75) is 12.5 Å². The molecule has 0 unspecified atom stereocenters. The summed E-state index contributed by atoms with van der Waals surface area (Å²) in [7, 11) is 0. The average Bonchev–Trinajstić information content (AvgIpc) is 3.13. The van der Waals surface area contributed by atoms with E-state index in [2.05, 4.69) is 5.32 Å². The van der Waals surface area contributed by atoms with Crippen molar-refractivity contribution in [2.75, 3.05) is 11.4 Å². The van der Waals surface area contributed by atoms with Crippen LogP contribution in [0.2, 0.25) is 5.02 Å². The van der Waals surface area contributed by atoms with Crippen molar-refractivity contribution in [3.63, 3.8) is 0 Å². The van der Waals surface area contributed by atoms with E-state index >= 15 is 0 Å². The fourth-order valence-corrected chi connectivity index (χ4v) is 2.53. The van der Waals surface area contributed by atoms with E-state index in [9.17, 15) is 14.0 Å². The van der Waals surface area contributed by atoms with Gasteiger partial charge in [-0.25, -0.2) is 4.39 Å². The molecule has 22 heavy (non-hydrogen) atoms. The normalized spacial score (nSPS) is 17.8. The predicted octanol–water partition coefficient (Wildman–Crippen LogP) is 2.61. The van der Waals surface area contributed by atoms with E-state index in [1.165, 1.54) is 41.7 Å². The number of hydrogen-bond donors (Lipinski definition) is 1. The second kappa shape index (κ2) is 5.81. The lowest BCUT2D eigenvalue weighted by molar-refractivity contribution is -0.118. The molecule has 7 heteroatoms. The number of nitrogens with one attached hydrogen (secondary N) is 1. The van der Waals surface area contributed by atoms with Crippen molar-refractivity contribution in [1.29, 1.82) is 0 Å². The molecule has 3 rings (SSSR count). The molecular weight excluding hydrogens is 311 g/mol. The third kappa shape index (κ3) is 2.69. The highest BCUT2D eigenvalue weighted by molar-refractivity contribution is 6.31. The van der Waals surface area contributed by atoms with Crippen LogP contribution in [0.4, 0.5) is 10.1 Å². The second-order valence-corrected chi connectivity index (χ2v) is 5.32. The molecule has 0 aliphatic carbocycles. The summed E-state index contributed by atoms with van der Waals surface area (Å²) in [6, 6.07) is 4.99. The van der Waals surface area contributed by atoms with Crippen LogP contribution < -0.4 is 10.2 Å². The third-order valence-corrected chi connectivity index (χ3v) is 3.80. The fourth-order valence-electron chi connectivity index (χ4n) is 2.36. The summed E-state index contributed by atoms with van der Waals surface area (Å²) >= 11 is 5.74. The Morgan fingerprint density at radius 2 is 2.23 bits per heavy atom. The standard InChI is InChI=1S/C15H12ClFN2O3/c16-11-7-10(1-2-12(11)17)19-5-3-13(15(19)21)18-14(20)9-4-6-22-8-9/h1-2,4,6-8,13H,3,5H2,(H,18,20)/t13-/m0/s1. The largest absolute Gasteiger partial charge is 0.472 e. The van der Waals surface area contributed by atoms with Crippen molar-refractivity contribution in [3.8, 4) is 0 Å². The first kappa shape index (κ1) is 14.6. The summed E-state index contributed by atoms with van der Waals surface area (Å²) in [5.74, 6) is -1.16. The SMILES string of the molecule is O=C(N[C@H]1CCN(c2ccc(F)c(Cl)c2)C1=O)c1ccoc1. The quantitative estimate of drug-likeness (QED) is 0.944. The van der Waals surface area contributed by atoms with Gasteiger partial charge in [0.05, 0.1) is 16.8 Å². The lowest BCUT2D eigenvalue weighted by Gasteiger charge is -2.17. The minimum Gasteiger partial charge on any atom is -0.472 e. The van der Waals surface area contributed by atoms with Crippen LogP contribution in [0.3, 0.4) is 0 Å². The van der Waals surface area contributed by atoms with Crippen molar-refractivity contribution in [1.82, 2.24) is 5.32 Å². The van der Waals surface area contributed by atoms with E-state index in [0.717, 1.165) is 0 Å². The van der Waals surface area contributed by atoms with Gasteiger partial charge in [0, 0.05) is 12.2 Å². The molecular formula is C15H12ClFN2O3. The van der Waals surface area contributed by atoms with Crippen LogP contribution in [0, 0.1) is 5.82 Å². The summed E-state index contributed by atoms with van der Waals surface area (Å²) in [5.41, 5.74) is 0.868. The van der Waals surface area contributed by atoms with Gasteiger partial charge in [-0.2, -0.15) is 0 Å². The van der Waals surface area contributed by atoms with Gasteiger partial charge in [-0.3, -0.25) is 9.59 Å². The van der Waals surface area contributed by atoms with Gasteiger partial charge in [-0.1, -0.05) is 11.6 Å². The summed E-state index contributed by atoms with van der Waals surface area (Å²) in [4.78, 5) is 25.8. The molecule has 0 spiro atoms. The Hall–Kier alpha value is -2.34. The number of furan rings is 1. The highest BCUT2D eigenvalue weighted by Crippen LogP contribution is 2.26. The van der Waals surface area contributed by atoms with Crippen LogP contribution in [-0.4, -0.2) is 24.4 Å². The van der Waals surface area contributed by atoms with Crippen LogP contribution in [0.15, 0.2) is 41.2 Å². The summed E-state index contributed by atoms with van der Waals surface area (Å²) in [6.07, 6.45) is 3.17. The average molecular weight is 323 g/mol. The van der Waals surface area contributed by atoms with E-state index in [-0.39, 0.29) is 16.8 Å². The molecule has 1 fully saturated rings. The maximum Gasteiger partial charge on any atom is 0.255 e. The first-order chi connectivity index (χ1) is 10.6. The van der Waals surface area contributed by atoms with Crippen LogP contribution >= 0.6 is 11.6 Å². The zero-order valence-electron chi connectivity index (χ0n) is 11.4. The molecule has 1 N–H and O–H groups in total. The smallest absolute Gasteiger partial charge is 0.255 e. The molecule has 114 valence electrons. The van der Waals surface area contributed by atoms with Crippen LogP contribution in [0.5, 0.6) is 0 Å². The number of anilines is 1. The highest BCUT2D eigenvalue weighted by Gasteiger charge is 2.34. The zero-order chi connectivity index (χ0) is 15.7. The van der Waals surface area contributed by atoms with Crippen molar-refractivity contribution in [3.05, 3.63) is 53.2 Å². The minimum absolute atomic E-state index is 0.0452. The van der Waals surface area contributed by atoms with Gasteiger partial charge >= 0.3 is 0 Å². The third-order valence-electron chi connectivity index (χ3n) is 3.51. The van der Waals surface area contributed by atoms with Crippen LogP contribution in [-0.2, 0) is 4.79 Å². The molecule has 2 aromatic rings. The Morgan fingerprint density at radius 3 is 2.91 bits per heavy atom. The van der Waals surface area contributed by atoms with Gasteiger partial charge in [0.25, 0.3) is 5.91 Å². The van der Waals surface area contributed by atoms with E-state index in [4.69, 9.17) is 16.0 Å². The maximum atomic E-state index is 13.2. The first-order valence-electron chi connectivity index (χ1n) is 6.66. The first-order valence-corrected chi connectivity index (χ1v) is 7.03. The second-order valence-electron chi connectivity index (χ2n) is 4.92. The lowest BCUT2D eigenvalue weighted by Crippen LogP contribution is -2.41. The molecule has 1 aromatic heterocycles. The zero-order valence-corrected chi connectivity index (χ0v) is 12.1.